The molecule has 2 aromatic carbocycles. The Morgan fingerprint density at radius 1 is 1.06 bits per heavy atom. The monoisotopic (exact) mass is 878 g/mol. The number of nitrogens with one attached hydrogen (secondary N) is 1. The predicted molar refractivity (Wildman–Crippen MR) is 218 cm³/mol. The van der Waals surface area contributed by atoms with Gasteiger partial charge in [-0.2, -0.15) is 0 Å². The molecule has 1 aliphatic heterocycles. The number of fused-ring (bicyclic) bond motifs is 5. The van der Waals surface area contributed by atoms with Crippen molar-refractivity contribution >= 4 is 35.5 Å². The van der Waals surface area contributed by atoms with Crippen LogP contribution in [0.25, 0.3) is 10.4 Å². The number of Topliss-reactive ketones (excluding diaryl/α,β-unsaturated/α-hetero) is 1. The quantitative estimate of drug-likeness (QED) is 0.0495. The molecular weight excluding hydrogens is 824 g/mol. The highest BCUT2D eigenvalue weighted by Crippen LogP contribution is 2.64. The lowest BCUT2D eigenvalue weighted by Gasteiger charge is -2.67. The number of hydrogen-bond donors (Lipinski definition) is 6. The number of nitrogens with zero attached hydrogens (tertiary/aromatic N) is 3. The van der Waals surface area contributed by atoms with E-state index in [9.17, 15) is 44.7 Å². The third-order valence-electron chi connectivity index (χ3n) is 13.1. The van der Waals surface area contributed by atoms with E-state index in [1.54, 1.807) is 26.8 Å². The highest BCUT2D eigenvalue weighted by atomic mass is 16.6. The van der Waals surface area contributed by atoms with E-state index < -0.39 is 119 Å². The number of ether oxygens (including phenoxy) is 5. The number of ketones is 1. The van der Waals surface area contributed by atoms with E-state index in [-0.39, 0.29) is 41.0 Å². The molecule has 3 aliphatic carbocycles. The van der Waals surface area contributed by atoms with Crippen LogP contribution in [0.5, 0.6) is 0 Å². The van der Waals surface area contributed by atoms with Crippen LogP contribution in [-0.4, -0.2) is 115 Å². The lowest BCUT2D eigenvalue weighted by atomic mass is 9.44. The molecule has 6 rings (SSSR count). The third-order valence-corrected chi connectivity index (χ3v) is 13.1. The van der Waals surface area contributed by atoms with Crippen LogP contribution in [0.1, 0.15) is 95.8 Å². The average Bonchev–Trinajstić information content (AvgIpc) is 3.20. The fourth-order valence-electron chi connectivity index (χ4n) is 9.96. The van der Waals surface area contributed by atoms with E-state index in [0.29, 0.717) is 5.56 Å². The maximum absolute atomic E-state index is 15.1. The molecule has 1 saturated heterocycles. The summed E-state index contributed by atoms with van der Waals surface area (Å²) in [5.41, 5.74) is 0.348. The van der Waals surface area contributed by atoms with E-state index in [4.69, 9.17) is 29.2 Å². The van der Waals surface area contributed by atoms with Gasteiger partial charge in [-0.05, 0) is 74.6 Å². The zero-order chi connectivity index (χ0) is 46.6. The summed E-state index contributed by atoms with van der Waals surface area (Å²) in [5.74, 6) is -5.86. The molecule has 3 fully saturated rings. The topological polar surface area (TPSA) is 293 Å². The number of azide groups is 1. The van der Waals surface area contributed by atoms with Gasteiger partial charge in [0.25, 0.3) is 0 Å². The van der Waals surface area contributed by atoms with Crippen molar-refractivity contribution in [3.05, 3.63) is 86.8 Å². The van der Waals surface area contributed by atoms with E-state index >= 15 is 4.79 Å². The van der Waals surface area contributed by atoms with Crippen LogP contribution >= 0.6 is 0 Å². The third kappa shape index (κ3) is 8.18. The Kier molecular flexibility index (Phi) is 12.7. The van der Waals surface area contributed by atoms with Gasteiger partial charge >= 0.3 is 24.0 Å². The zero-order valence-electron chi connectivity index (χ0n) is 36.2. The number of rotatable bonds is 10. The Bertz CT molecular complexity index is 2270. The summed E-state index contributed by atoms with van der Waals surface area (Å²) in [6, 6.07) is 9.94. The molecule has 2 aromatic rings. The minimum absolute atomic E-state index is 0.0373. The normalized spacial score (nSPS) is 31.8. The van der Waals surface area contributed by atoms with E-state index in [1.165, 1.54) is 70.2 Å². The highest BCUT2D eigenvalue weighted by molar-refractivity contribution is 5.94. The Balaban J connectivity index is 1.50. The van der Waals surface area contributed by atoms with Gasteiger partial charge in [-0.1, -0.05) is 55.4 Å². The van der Waals surface area contributed by atoms with Gasteiger partial charge in [0.05, 0.1) is 42.3 Å². The number of hydrogen-bond acceptors (Lipinski definition) is 16. The number of aliphatic hydroxyl groups is 5. The molecule has 4 aliphatic rings. The summed E-state index contributed by atoms with van der Waals surface area (Å²) in [6.07, 6.45) is -12.3. The molecule has 11 atom stereocenters. The van der Waals surface area contributed by atoms with Crippen LogP contribution in [0, 0.1) is 16.7 Å². The lowest BCUT2D eigenvalue weighted by Crippen LogP contribution is -2.81. The molecule has 340 valence electrons. The molecule has 0 radical (unpaired) electrons. The maximum atomic E-state index is 15.1. The molecule has 0 unspecified atom stereocenters. The average molecular weight is 879 g/mol. The summed E-state index contributed by atoms with van der Waals surface area (Å²) in [4.78, 5) is 72.4. The van der Waals surface area contributed by atoms with Gasteiger partial charge in [-0.3, -0.25) is 9.59 Å². The molecule has 0 aromatic heterocycles. The van der Waals surface area contributed by atoms with Crippen molar-refractivity contribution in [3.8, 4) is 0 Å². The van der Waals surface area contributed by atoms with Crippen molar-refractivity contribution in [2.45, 2.75) is 134 Å². The molecule has 19 nitrogen and oxygen atoms in total. The van der Waals surface area contributed by atoms with Gasteiger partial charge < -0.3 is 54.5 Å². The molecule has 2 saturated carbocycles. The fourth-order valence-corrected chi connectivity index (χ4v) is 9.96. The van der Waals surface area contributed by atoms with Gasteiger partial charge in [0.1, 0.15) is 35.6 Å². The van der Waals surface area contributed by atoms with Gasteiger partial charge in [0.2, 0.25) is 0 Å². The Labute approximate surface area is 362 Å². The van der Waals surface area contributed by atoms with Crippen LogP contribution < -0.4 is 5.32 Å². The molecule has 2 bridgehead atoms. The molecular formula is C44H54N4O15. The Morgan fingerprint density at radius 2 is 1.75 bits per heavy atom. The van der Waals surface area contributed by atoms with Crippen molar-refractivity contribution in [3.63, 3.8) is 0 Å². The number of aliphatic hydroxyl groups excluding tert-OH is 4. The molecule has 1 amide bonds. The van der Waals surface area contributed by atoms with E-state index in [0.717, 1.165) is 6.92 Å². The number of amides is 1. The second-order valence-corrected chi connectivity index (χ2v) is 18.4. The van der Waals surface area contributed by atoms with E-state index in [2.05, 4.69) is 15.3 Å². The van der Waals surface area contributed by atoms with Crippen LogP contribution in [-0.2, 0) is 44.7 Å². The maximum Gasteiger partial charge on any atom is 0.408 e. The minimum Gasteiger partial charge on any atom is -0.456 e. The standard InChI is InChI=1S/C44H54N4O15/c1-21-27(60-38(56)33(53)31(46-39(57)63-40(3,4)5)24-12-9-11-23(15-24)19-49)18-44(58)36(61-37(55)25-13-10-14-26(16-25)47-48-45)34-42(8,35(54)32(52)30(21)41(44,6)7)28(51)17-29-43(34,20-59-29)62-22(2)50/h9-16,27-29,31-34,36,49,51-53,58H,17-20H2,1-8H3,(H,46,57)/t27-,28-,29+,31-,32+,33+,34-,36-,42+,43-,44+/m0/s1. The van der Waals surface area contributed by atoms with Crippen molar-refractivity contribution < 1.29 is 73.2 Å². The number of benzene rings is 2. The molecule has 19 heteroatoms. The number of alkyl carbamates (subject to hydrolysis) is 1. The lowest BCUT2D eigenvalue weighted by molar-refractivity contribution is -0.346. The van der Waals surface area contributed by atoms with Gasteiger partial charge in [-0.15, -0.1) is 0 Å². The second-order valence-electron chi connectivity index (χ2n) is 18.4. The first-order valence-corrected chi connectivity index (χ1v) is 20.4. The number of carbonyl (C=O) groups excluding carboxylic acids is 5. The summed E-state index contributed by atoms with van der Waals surface area (Å²) in [7, 11) is 0. The van der Waals surface area contributed by atoms with Crippen molar-refractivity contribution in [1.29, 1.82) is 0 Å². The molecule has 0 spiro atoms. The SMILES string of the molecule is CC(=O)O[C@@]12CO[C@@H]1C[C@H](O)[C@@]1(C)C(=O)[C@H](O)C3=C(C)[C@@H](OC(=O)[C@H](O)[C@@H](NC(=O)OC(C)(C)C)c4cccc(CO)c4)C[C@@](O)([C@@H](OC(=O)c4cccc(N=[N+]=[N-])c4)[C@H]21)C3(C)C. The van der Waals surface area contributed by atoms with Crippen LogP contribution in [0.15, 0.2) is 64.8 Å². The van der Waals surface area contributed by atoms with Crippen molar-refractivity contribution in [2.24, 2.45) is 21.9 Å². The van der Waals surface area contributed by atoms with Gasteiger partial charge in [0, 0.05) is 35.8 Å². The van der Waals surface area contributed by atoms with Crippen LogP contribution in [0.2, 0.25) is 0 Å². The summed E-state index contributed by atoms with van der Waals surface area (Å²) in [6.45, 7) is 10.9. The molecule has 6 N–H and O–H groups in total. The minimum atomic E-state index is -2.47. The van der Waals surface area contributed by atoms with Gasteiger partial charge in [0.15, 0.2) is 17.5 Å². The Hall–Kier alpha value is -5.40. The van der Waals surface area contributed by atoms with Gasteiger partial charge in [-0.25, -0.2) is 14.4 Å². The predicted octanol–water partition coefficient (Wildman–Crippen LogP) is 3.69. The zero-order valence-corrected chi connectivity index (χ0v) is 36.2. The summed E-state index contributed by atoms with van der Waals surface area (Å²) < 4.78 is 29.5. The smallest absolute Gasteiger partial charge is 0.408 e. The number of esters is 3. The van der Waals surface area contributed by atoms with E-state index in [1.807, 2.05) is 0 Å². The summed E-state index contributed by atoms with van der Waals surface area (Å²) in [5, 5.41) is 65.3. The largest absolute Gasteiger partial charge is 0.456 e. The second kappa shape index (κ2) is 17.0. The Morgan fingerprint density at radius 3 is 2.35 bits per heavy atom. The van der Waals surface area contributed by atoms with Crippen molar-refractivity contribution in [2.75, 3.05) is 6.61 Å². The molecule has 1 heterocycles. The fraction of sp³-hybridized carbons (Fsp3) is 0.568. The number of carbonyl (C=O) groups is 5. The highest BCUT2D eigenvalue weighted by Gasteiger charge is 2.78. The van der Waals surface area contributed by atoms with Crippen LogP contribution in [0.3, 0.4) is 0 Å². The molecule has 63 heavy (non-hydrogen) atoms. The first kappa shape index (κ1) is 47.1. The summed E-state index contributed by atoms with van der Waals surface area (Å²) >= 11 is 0. The first-order chi connectivity index (χ1) is 29.4. The first-order valence-electron chi connectivity index (χ1n) is 20.4. The van der Waals surface area contributed by atoms with Crippen LogP contribution in [0.4, 0.5) is 10.5 Å². The van der Waals surface area contributed by atoms with Crippen molar-refractivity contribution in [1.82, 2.24) is 5.32 Å².